The van der Waals surface area contributed by atoms with Crippen LogP contribution in [-0.4, -0.2) is 11.8 Å². The minimum atomic E-state index is -0.262. The lowest BCUT2D eigenvalue weighted by Crippen LogP contribution is -2.36. The van der Waals surface area contributed by atoms with E-state index in [1.807, 2.05) is 11.3 Å². The Morgan fingerprint density at radius 1 is 0.521 bits per heavy atom. The van der Waals surface area contributed by atoms with Gasteiger partial charge in [-0.05, 0) is 146 Å². The van der Waals surface area contributed by atoms with Crippen LogP contribution < -0.4 is 21.3 Å². The molecule has 0 amide bonds. The molecular formula is C67H55BN3OS. The molecule has 1 N–H and O–H groups in total. The second-order valence-electron chi connectivity index (χ2n) is 22.9. The molecule has 1 radical (unpaired) electrons. The molecule has 0 atom stereocenters. The Morgan fingerprint density at radius 2 is 1.21 bits per heavy atom. The van der Waals surface area contributed by atoms with Gasteiger partial charge in [0.2, 0.25) is 7.28 Å². The molecule has 73 heavy (non-hydrogen) atoms. The molecule has 0 bridgehead atoms. The summed E-state index contributed by atoms with van der Waals surface area (Å²) in [5, 5.41) is 10.2. The number of rotatable bonds is 6. The number of thiophene rings is 1. The highest BCUT2D eigenvalue weighted by atomic mass is 32.1. The zero-order valence-electron chi connectivity index (χ0n) is 42.6. The summed E-state index contributed by atoms with van der Waals surface area (Å²) in [5.41, 5.74) is 21.7. The number of aromatic nitrogens is 1. The summed E-state index contributed by atoms with van der Waals surface area (Å²) in [4.78, 5) is 2.37. The Balaban J connectivity index is 1.04. The molecule has 4 nitrogen and oxygen atoms in total. The van der Waals surface area contributed by atoms with Crippen molar-refractivity contribution in [2.24, 2.45) is 0 Å². The number of para-hydroxylation sites is 2. The monoisotopic (exact) mass is 960 g/mol. The first-order valence-electron chi connectivity index (χ1n) is 25.7. The summed E-state index contributed by atoms with van der Waals surface area (Å²) in [6, 6.07) is 67.8. The van der Waals surface area contributed by atoms with Crippen molar-refractivity contribution in [3.8, 4) is 27.9 Å². The predicted octanol–water partition coefficient (Wildman–Crippen LogP) is 17.6. The molecule has 6 heteroatoms. The molecule has 14 rings (SSSR count). The maximum Gasteiger partial charge on any atom is 0.247 e. The molecule has 0 spiro atoms. The first-order valence-corrected chi connectivity index (χ1v) is 26.5. The first-order chi connectivity index (χ1) is 35.2. The number of nitrogens with one attached hydrogen (secondary N) is 1. The average Bonchev–Trinajstić information content (AvgIpc) is 4.11. The number of hydrogen-bond acceptors (Lipinski definition) is 4. The standard InChI is InChI=1S/C67H55BN3OS/c1-65(2,3)39-23-26-41(27-24-39)69-56-37-55-49(48-34-44(28-31-54(48)67(55,7)8)70(42-17-11-9-12-18-42)43-19-13-10-14-20-43)35-50(56)46-29-30-47-51-36-52-45-21-15-16-22-59(45)73-60(52)38-57(51)71-62(47)61(46)68-64-63(71)53-33-40(66(4,5)6)25-32-58(53)72-64/h9-38,69H,1-8H3. The molecule has 1 aliphatic heterocycles. The maximum absolute atomic E-state index is 7.02. The van der Waals surface area contributed by atoms with Gasteiger partial charge < -0.3 is 19.2 Å². The van der Waals surface area contributed by atoms with Crippen molar-refractivity contribution in [3.63, 3.8) is 0 Å². The molecule has 4 heterocycles. The smallest absolute Gasteiger partial charge is 0.247 e. The Kier molecular flexibility index (Phi) is 9.39. The predicted molar refractivity (Wildman–Crippen MR) is 313 cm³/mol. The van der Waals surface area contributed by atoms with Gasteiger partial charge in [-0.25, -0.2) is 0 Å². The number of fused-ring (bicyclic) bond motifs is 13. The summed E-state index contributed by atoms with van der Waals surface area (Å²) in [6.45, 7) is 18.5. The summed E-state index contributed by atoms with van der Waals surface area (Å²) < 4.78 is 12.2. The highest BCUT2D eigenvalue weighted by molar-refractivity contribution is 7.25. The fourth-order valence-electron chi connectivity index (χ4n) is 12.1. The number of benzene rings is 9. The van der Waals surface area contributed by atoms with Gasteiger partial charge in [0.25, 0.3) is 0 Å². The van der Waals surface area contributed by atoms with Crippen molar-refractivity contribution in [1.29, 1.82) is 0 Å². The van der Waals surface area contributed by atoms with Crippen molar-refractivity contribution < 1.29 is 4.42 Å². The quantitative estimate of drug-likeness (QED) is 0.169. The second kappa shape index (κ2) is 15.6. The van der Waals surface area contributed by atoms with Crippen molar-refractivity contribution in [2.75, 3.05) is 10.2 Å². The lowest BCUT2D eigenvalue weighted by molar-refractivity contribution is 0.590. The SMILES string of the molecule is CC(C)(C)c1ccc(Nc2cc3c(cc2-c2ccc4c5cc6c(cc5n5c4c2[B]c2oc4ccc(C(C)(C)C)cc4c2-5)sc2ccccc26)-c2cc(N(c4ccccc4)c4ccccc4)ccc2C3(C)C)cc1. The fraction of sp³-hybridized carbons (Fsp3) is 0.164. The van der Waals surface area contributed by atoms with E-state index in [4.69, 9.17) is 4.42 Å². The van der Waals surface area contributed by atoms with Crippen molar-refractivity contribution in [3.05, 3.63) is 204 Å². The van der Waals surface area contributed by atoms with Gasteiger partial charge in [0.15, 0.2) is 0 Å². The van der Waals surface area contributed by atoms with Gasteiger partial charge in [-0.1, -0.05) is 146 Å². The van der Waals surface area contributed by atoms with E-state index >= 15 is 0 Å². The first kappa shape index (κ1) is 43.9. The highest BCUT2D eigenvalue weighted by Crippen LogP contribution is 2.54. The normalized spacial score (nSPS) is 13.7. The summed E-state index contributed by atoms with van der Waals surface area (Å²) in [7, 11) is 2.34. The molecule has 353 valence electrons. The van der Waals surface area contributed by atoms with Crippen LogP contribution in [0.1, 0.15) is 77.6 Å². The third-order valence-corrected chi connectivity index (χ3v) is 17.1. The minimum Gasteiger partial charge on any atom is -0.469 e. The van der Waals surface area contributed by atoms with E-state index in [9.17, 15) is 0 Å². The third kappa shape index (κ3) is 6.72. The van der Waals surface area contributed by atoms with Crippen LogP contribution in [0, 0.1) is 0 Å². The molecule has 0 saturated heterocycles. The van der Waals surface area contributed by atoms with E-state index in [-0.39, 0.29) is 16.2 Å². The molecule has 0 saturated carbocycles. The lowest BCUT2D eigenvalue weighted by Gasteiger charge is -2.27. The molecule has 2 aliphatic rings. The van der Waals surface area contributed by atoms with Gasteiger partial charge in [0, 0.05) is 81.3 Å². The Hall–Kier alpha value is -7.80. The van der Waals surface area contributed by atoms with Crippen LogP contribution in [0.15, 0.2) is 186 Å². The molecular weight excluding hydrogens is 906 g/mol. The third-order valence-electron chi connectivity index (χ3n) is 15.9. The van der Waals surface area contributed by atoms with Crippen LogP contribution in [0.5, 0.6) is 0 Å². The average molecular weight is 961 g/mol. The van der Waals surface area contributed by atoms with E-state index in [0.29, 0.717) is 0 Å². The fourth-order valence-corrected chi connectivity index (χ4v) is 13.2. The molecule has 0 fully saturated rings. The number of furan rings is 1. The lowest BCUT2D eigenvalue weighted by atomic mass is 9.62. The van der Waals surface area contributed by atoms with Gasteiger partial charge in [0.05, 0.1) is 16.9 Å². The minimum absolute atomic E-state index is 0.0293. The van der Waals surface area contributed by atoms with E-state index in [1.165, 1.54) is 75.4 Å². The molecule has 0 unspecified atom stereocenters. The second-order valence-corrected chi connectivity index (χ2v) is 24.0. The number of nitrogens with zero attached hydrogens (tertiary/aromatic N) is 2. The van der Waals surface area contributed by atoms with Gasteiger partial charge in [-0.15, -0.1) is 11.3 Å². The zero-order chi connectivity index (χ0) is 49.7. The summed E-state index contributed by atoms with van der Waals surface area (Å²) in [5.74, 6) is 0. The molecule has 1 aliphatic carbocycles. The van der Waals surface area contributed by atoms with Crippen LogP contribution in [0.25, 0.3) is 80.9 Å². The van der Waals surface area contributed by atoms with Crippen molar-refractivity contribution in [2.45, 2.75) is 71.6 Å². The number of anilines is 5. The van der Waals surface area contributed by atoms with Crippen LogP contribution in [0.2, 0.25) is 0 Å². The summed E-state index contributed by atoms with van der Waals surface area (Å²) in [6.07, 6.45) is 0. The van der Waals surface area contributed by atoms with E-state index in [0.717, 1.165) is 67.3 Å². The van der Waals surface area contributed by atoms with E-state index in [1.54, 1.807) is 0 Å². The van der Waals surface area contributed by atoms with Gasteiger partial charge >= 0.3 is 0 Å². The van der Waals surface area contributed by atoms with Gasteiger partial charge in [-0.3, -0.25) is 0 Å². The van der Waals surface area contributed by atoms with Crippen LogP contribution in [0.3, 0.4) is 0 Å². The van der Waals surface area contributed by atoms with Crippen molar-refractivity contribution in [1.82, 2.24) is 4.57 Å². The Morgan fingerprint density at radius 3 is 1.93 bits per heavy atom. The topological polar surface area (TPSA) is 33.3 Å². The van der Waals surface area contributed by atoms with Crippen LogP contribution in [0.4, 0.5) is 28.4 Å². The molecule has 12 aromatic rings. The van der Waals surface area contributed by atoms with Crippen LogP contribution >= 0.6 is 11.3 Å². The zero-order valence-corrected chi connectivity index (χ0v) is 43.4. The largest absolute Gasteiger partial charge is 0.469 e. The summed E-state index contributed by atoms with van der Waals surface area (Å²) >= 11 is 1.88. The molecule has 9 aromatic carbocycles. The van der Waals surface area contributed by atoms with E-state index < -0.39 is 0 Å². The molecule has 3 aromatic heterocycles. The Bertz CT molecular complexity index is 4200. The number of hydrogen-bond donors (Lipinski definition) is 1. The van der Waals surface area contributed by atoms with Crippen LogP contribution in [-0.2, 0) is 16.2 Å². The van der Waals surface area contributed by atoms with Gasteiger partial charge in [-0.2, -0.15) is 0 Å². The highest BCUT2D eigenvalue weighted by Gasteiger charge is 2.38. The Labute approximate surface area is 431 Å². The van der Waals surface area contributed by atoms with Crippen molar-refractivity contribution >= 4 is 111 Å². The van der Waals surface area contributed by atoms with E-state index in [2.05, 4.69) is 259 Å². The maximum atomic E-state index is 7.02. The van der Waals surface area contributed by atoms with Gasteiger partial charge in [0.1, 0.15) is 5.58 Å².